The lowest BCUT2D eigenvalue weighted by molar-refractivity contribution is 0.128. The maximum Gasteiger partial charge on any atom is 0.117 e. The van der Waals surface area contributed by atoms with Gasteiger partial charge in [0.2, 0.25) is 0 Å². The van der Waals surface area contributed by atoms with Gasteiger partial charge in [-0.25, -0.2) is 0 Å². The van der Waals surface area contributed by atoms with Crippen LogP contribution < -0.4 is 5.73 Å². The highest BCUT2D eigenvalue weighted by molar-refractivity contribution is 4.99. The maximum absolute atomic E-state index is 6.21. The first-order chi connectivity index (χ1) is 7.81. The van der Waals surface area contributed by atoms with Crippen LogP contribution in [0.5, 0.6) is 0 Å². The summed E-state index contributed by atoms with van der Waals surface area (Å²) in [4.78, 5) is 2.45. The van der Waals surface area contributed by atoms with E-state index < -0.39 is 0 Å². The van der Waals surface area contributed by atoms with Crippen molar-refractivity contribution in [2.45, 2.75) is 51.2 Å². The lowest BCUT2D eigenvalue weighted by Crippen LogP contribution is -2.49. The smallest absolute Gasteiger partial charge is 0.117 e. The van der Waals surface area contributed by atoms with Crippen LogP contribution in [0, 0.1) is 0 Å². The minimum Gasteiger partial charge on any atom is -0.468 e. The normalized spacial score (nSPS) is 26.2. The average Bonchev–Trinajstić information content (AvgIpc) is 2.80. The van der Waals surface area contributed by atoms with Crippen LogP contribution in [0.1, 0.15) is 38.4 Å². The molecule has 90 valence electrons. The quantitative estimate of drug-likeness (QED) is 0.850. The van der Waals surface area contributed by atoms with E-state index in [2.05, 4.69) is 11.8 Å². The minimum atomic E-state index is 0.337. The van der Waals surface area contributed by atoms with Gasteiger partial charge in [0.05, 0.1) is 12.8 Å². The summed E-state index contributed by atoms with van der Waals surface area (Å²) in [5, 5.41) is 0. The van der Waals surface area contributed by atoms with Crippen LogP contribution in [0.4, 0.5) is 0 Å². The van der Waals surface area contributed by atoms with Crippen LogP contribution in [-0.2, 0) is 6.54 Å². The lowest BCUT2D eigenvalue weighted by atomic mass is 9.90. The molecule has 0 bridgehead atoms. The fourth-order valence-electron chi connectivity index (χ4n) is 2.66. The Kier molecular flexibility index (Phi) is 4.02. The molecule has 2 unspecified atom stereocenters. The molecule has 1 aromatic rings. The highest BCUT2D eigenvalue weighted by Gasteiger charge is 2.27. The number of rotatable bonds is 4. The standard InChI is InChI=1S/C13H22N2O/c1-2-15(10-11-6-5-9-16-11)13-8-4-3-7-12(13)14/h5-6,9,12-13H,2-4,7-8,10,14H2,1H3. The molecule has 1 aliphatic carbocycles. The van der Waals surface area contributed by atoms with E-state index in [0.29, 0.717) is 12.1 Å². The molecule has 2 rings (SSSR count). The second-order valence-corrected chi connectivity index (χ2v) is 4.66. The van der Waals surface area contributed by atoms with Crippen molar-refractivity contribution < 1.29 is 4.42 Å². The molecule has 1 heterocycles. The van der Waals surface area contributed by atoms with E-state index in [1.807, 2.05) is 12.1 Å². The zero-order valence-corrected chi connectivity index (χ0v) is 10.1. The summed E-state index contributed by atoms with van der Waals surface area (Å²) in [5.41, 5.74) is 6.21. The summed E-state index contributed by atoms with van der Waals surface area (Å²) in [6, 6.07) is 4.86. The Bertz CT molecular complexity index is 297. The summed E-state index contributed by atoms with van der Waals surface area (Å²) in [6.07, 6.45) is 6.74. The Labute approximate surface area is 97.6 Å². The van der Waals surface area contributed by atoms with Crippen molar-refractivity contribution in [3.05, 3.63) is 24.2 Å². The molecule has 1 aliphatic rings. The van der Waals surface area contributed by atoms with E-state index in [9.17, 15) is 0 Å². The van der Waals surface area contributed by atoms with Gasteiger partial charge in [-0.15, -0.1) is 0 Å². The van der Waals surface area contributed by atoms with Crippen molar-refractivity contribution >= 4 is 0 Å². The average molecular weight is 222 g/mol. The predicted molar refractivity (Wildman–Crippen MR) is 65.0 cm³/mol. The van der Waals surface area contributed by atoms with E-state index in [1.54, 1.807) is 6.26 Å². The van der Waals surface area contributed by atoms with Gasteiger partial charge in [0.15, 0.2) is 0 Å². The Balaban J connectivity index is 1.98. The fourth-order valence-corrected chi connectivity index (χ4v) is 2.66. The van der Waals surface area contributed by atoms with Crippen molar-refractivity contribution in [3.63, 3.8) is 0 Å². The molecule has 1 fully saturated rings. The van der Waals surface area contributed by atoms with Crippen molar-refractivity contribution in [1.82, 2.24) is 4.90 Å². The molecule has 0 aliphatic heterocycles. The van der Waals surface area contributed by atoms with Crippen LogP contribution in [0.25, 0.3) is 0 Å². The first-order valence-electron chi connectivity index (χ1n) is 6.33. The molecular formula is C13H22N2O. The molecule has 0 radical (unpaired) electrons. The van der Waals surface area contributed by atoms with Crippen molar-refractivity contribution in [2.75, 3.05) is 6.54 Å². The van der Waals surface area contributed by atoms with Gasteiger partial charge in [0, 0.05) is 12.1 Å². The van der Waals surface area contributed by atoms with Crippen molar-refractivity contribution in [3.8, 4) is 0 Å². The van der Waals surface area contributed by atoms with Crippen LogP contribution in [-0.4, -0.2) is 23.5 Å². The van der Waals surface area contributed by atoms with Crippen molar-refractivity contribution in [2.24, 2.45) is 5.73 Å². The van der Waals surface area contributed by atoms with Gasteiger partial charge in [0.25, 0.3) is 0 Å². The van der Waals surface area contributed by atoms with Crippen LogP contribution >= 0.6 is 0 Å². The number of hydrogen-bond donors (Lipinski definition) is 1. The Morgan fingerprint density at radius 2 is 2.25 bits per heavy atom. The lowest BCUT2D eigenvalue weighted by Gasteiger charge is -2.37. The summed E-state index contributed by atoms with van der Waals surface area (Å²) < 4.78 is 5.41. The second-order valence-electron chi connectivity index (χ2n) is 4.66. The van der Waals surface area contributed by atoms with E-state index in [1.165, 1.54) is 25.7 Å². The molecule has 0 saturated heterocycles. The van der Waals surface area contributed by atoms with Crippen LogP contribution in [0.3, 0.4) is 0 Å². The third-order valence-electron chi connectivity index (χ3n) is 3.60. The molecule has 0 amide bonds. The van der Waals surface area contributed by atoms with Gasteiger partial charge in [-0.2, -0.15) is 0 Å². The largest absolute Gasteiger partial charge is 0.468 e. The van der Waals surface area contributed by atoms with Crippen LogP contribution in [0.2, 0.25) is 0 Å². The second kappa shape index (κ2) is 5.51. The first-order valence-corrected chi connectivity index (χ1v) is 6.33. The fraction of sp³-hybridized carbons (Fsp3) is 0.692. The van der Waals surface area contributed by atoms with Crippen LogP contribution in [0.15, 0.2) is 22.8 Å². The topological polar surface area (TPSA) is 42.4 Å². The third-order valence-corrected chi connectivity index (χ3v) is 3.60. The van der Waals surface area contributed by atoms with Gasteiger partial charge < -0.3 is 10.2 Å². The Morgan fingerprint density at radius 1 is 1.44 bits per heavy atom. The molecule has 16 heavy (non-hydrogen) atoms. The number of furan rings is 1. The van der Waals surface area contributed by atoms with Gasteiger partial charge >= 0.3 is 0 Å². The van der Waals surface area contributed by atoms with E-state index >= 15 is 0 Å². The molecule has 2 N–H and O–H groups in total. The number of hydrogen-bond acceptors (Lipinski definition) is 3. The first kappa shape index (κ1) is 11.7. The van der Waals surface area contributed by atoms with Gasteiger partial charge in [-0.1, -0.05) is 19.8 Å². The molecular weight excluding hydrogens is 200 g/mol. The minimum absolute atomic E-state index is 0.337. The van der Waals surface area contributed by atoms with E-state index in [4.69, 9.17) is 10.2 Å². The molecule has 0 spiro atoms. The van der Waals surface area contributed by atoms with Gasteiger partial charge in [0.1, 0.15) is 5.76 Å². The molecule has 2 atom stereocenters. The molecule has 3 heteroatoms. The Morgan fingerprint density at radius 3 is 2.88 bits per heavy atom. The van der Waals surface area contributed by atoms with E-state index in [0.717, 1.165) is 18.8 Å². The zero-order valence-electron chi connectivity index (χ0n) is 10.1. The van der Waals surface area contributed by atoms with E-state index in [-0.39, 0.29) is 0 Å². The molecule has 1 aromatic heterocycles. The summed E-state index contributed by atoms with van der Waals surface area (Å²) in [5.74, 6) is 1.04. The SMILES string of the molecule is CCN(Cc1ccco1)C1CCCCC1N. The number of nitrogens with zero attached hydrogens (tertiary/aromatic N) is 1. The Hall–Kier alpha value is -0.800. The highest BCUT2D eigenvalue weighted by atomic mass is 16.3. The molecule has 1 saturated carbocycles. The van der Waals surface area contributed by atoms with Gasteiger partial charge in [-0.3, -0.25) is 4.90 Å². The number of likely N-dealkylation sites (N-methyl/N-ethyl adjacent to an activating group) is 1. The predicted octanol–water partition coefficient (Wildman–Crippen LogP) is 2.37. The summed E-state index contributed by atoms with van der Waals surface area (Å²) in [6.45, 7) is 4.13. The summed E-state index contributed by atoms with van der Waals surface area (Å²) in [7, 11) is 0. The van der Waals surface area contributed by atoms with Crippen molar-refractivity contribution in [1.29, 1.82) is 0 Å². The molecule has 0 aromatic carbocycles. The number of nitrogens with two attached hydrogens (primary N) is 1. The monoisotopic (exact) mass is 222 g/mol. The highest BCUT2D eigenvalue weighted by Crippen LogP contribution is 2.23. The maximum atomic E-state index is 6.21. The summed E-state index contributed by atoms with van der Waals surface area (Å²) >= 11 is 0. The molecule has 3 nitrogen and oxygen atoms in total. The third kappa shape index (κ3) is 2.66. The van der Waals surface area contributed by atoms with Gasteiger partial charge in [-0.05, 0) is 31.5 Å². The zero-order chi connectivity index (χ0) is 11.4.